The molecule has 1 atom stereocenters. The summed E-state index contributed by atoms with van der Waals surface area (Å²) in [5.74, 6) is 0.571. The molecule has 5 heteroatoms. The largest absolute Gasteiger partial charge is 0.337 e. The number of nitrogens with one attached hydrogen (secondary N) is 1. The van der Waals surface area contributed by atoms with Crippen molar-refractivity contribution in [3.8, 4) is 11.4 Å². The Morgan fingerprint density at radius 3 is 2.95 bits per heavy atom. The van der Waals surface area contributed by atoms with Crippen LogP contribution in [0.3, 0.4) is 0 Å². The lowest BCUT2D eigenvalue weighted by atomic mass is 9.92. The molecule has 1 aliphatic heterocycles. The zero-order valence-electron chi connectivity index (χ0n) is 11.5. The van der Waals surface area contributed by atoms with Crippen molar-refractivity contribution < 1.29 is 8.91 Å². The Bertz CT molecular complexity index is 590. The van der Waals surface area contributed by atoms with Crippen LogP contribution in [0.1, 0.15) is 38.5 Å². The molecule has 0 radical (unpaired) electrons. The van der Waals surface area contributed by atoms with Crippen molar-refractivity contribution in [1.29, 1.82) is 0 Å². The van der Waals surface area contributed by atoms with E-state index in [1.54, 1.807) is 18.2 Å². The molecular weight excluding hydrogens is 257 g/mol. The smallest absolute Gasteiger partial charge is 0.247 e. The molecule has 0 spiro atoms. The maximum Gasteiger partial charge on any atom is 0.247 e. The second-order valence-corrected chi connectivity index (χ2v) is 5.27. The molecule has 3 rings (SSSR count). The fraction of sp³-hybridized carbons (Fsp3) is 0.467. The molecule has 0 aliphatic carbocycles. The first kappa shape index (κ1) is 13.2. The minimum absolute atomic E-state index is 0.231. The number of hydrogen-bond donors (Lipinski definition) is 1. The van der Waals surface area contributed by atoms with Gasteiger partial charge in [0.15, 0.2) is 0 Å². The number of hydrogen-bond acceptors (Lipinski definition) is 4. The highest BCUT2D eigenvalue weighted by atomic mass is 19.1. The summed E-state index contributed by atoms with van der Waals surface area (Å²) in [5.41, 5.74) is 0.151. The summed E-state index contributed by atoms with van der Waals surface area (Å²) in [7, 11) is 0. The second kappa shape index (κ2) is 5.32. The van der Waals surface area contributed by atoms with Gasteiger partial charge in [-0.3, -0.25) is 0 Å². The summed E-state index contributed by atoms with van der Waals surface area (Å²) in [4.78, 5) is 4.43. The highest BCUT2D eigenvalue weighted by molar-refractivity contribution is 5.54. The lowest BCUT2D eigenvalue weighted by Crippen LogP contribution is -2.36. The number of halogens is 1. The van der Waals surface area contributed by atoms with Crippen LogP contribution < -0.4 is 5.32 Å². The fourth-order valence-corrected chi connectivity index (χ4v) is 2.91. The lowest BCUT2D eigenvalue weighted by Gasteiger charge is -2.24. The van der Waals surface area contributed by atoms with Gasteiger partial charge in [-0.15, -0.1) is 0 Å². The molecular formula is C15H18FN3O. The quantitative estimate of drug-likeness (QED) is 0.930. The van der Waals surface area contributed by atoms with Crippen LogP contribution >= 0.6 is 0 Å². The van der Waals surface area contributed by atoms with Crippen molar-refractivity contribution in [2.75, 3.05) is 6.54 Å². The Morgan fingerprint density at radius 2 is 2.25 bits per heavy atom. The van der Waals surface area contributed by atoms with Crippen LogP contribution in [0.25, 0.3) is 11.4 Å². The molecule has 1 N–H and O–H groups in total. The fourth-order valence-electron chi connectivity index (χ4n) is 2.91. The first-order valence-corrected chi connectivity index (χ1v) is 7.09. The zero-order valence-corrected chi connectivity index (χ0v) is 11.5. The van der Waals surface area contributed by atoms with Gasteiger partial charge in [-0.2, -0.15) is 4.98 Å². The molecule has 1 unspecified atom stereocenters. The minimum Gasteiger partial charge on any atom is -0.337 e. The molecule has 4 nitrogen and oxygen atoms in total. The Labute approximate surface area is 117 Å². The summed E-state index contributed by atoms with van der Waals surface area (Å²) >= 11 is 0. The Morgan fingerprint density at radius 1 is 1.40 bits per heavy atom. The molecule has 0 bridgehead atoms. The van der Waals surface area contributed by atoms with E-state index in [1.807, 2.05) is 0 Å². The van der Waals surface area contributed by atoms with Crippen molar-refractivity contribution in [3.63, 3.8) is 0 Å². The highest BCUT2D eigenvalue weighted by Crippen LogP contribution is 2.35. The average Bonchev–Trinajstić information content (AvgIpc) is 3.09. The normalized spacial score (nSPS) is 22.3. The van der Waals surface area contributed by atoms with Gasteiger partial charge < -0.3 is 9.84 Å². The summed E-state index contributed by atoms with van der Waals surface area (Å²) in [6, 6.07) is 6.49. The molecule has 2 aromatic rings. The minimum atomic E-state index is -0.330. The molecule has 20 heavy (non-hydrogen) atoms. The zero-order chi connectivity index (χ0) is 14.0. The average molecular weight is 275 g/mol. The predicted molar refractivity (Wildman–Crippen MR) is 73.5 cm³/mol. The Hall–Kier alpha value is -1.75. The molecule has 106 valence electrons. The molecule has 1 aliphatic rings. The van der Waals surface area contributed by atoms with Gasteiger partial charge in [0, 0.05) is 0 Å². The van der Waals surface area contributed by atoms with E-state index in [-0.39, 0.29) is 11.4 Å². The highest BCUT2D eigenvalue weighted by Gasteiger charge is 2.39. The Kier molecular flexibility index (Phi) is 3.53. The van der Waals surface area contributed by atoms with E-state index in [1.165, 1.54) is 6.07 Å². The standard InChI is InChI=1S/C15H18FN3O/c1-2-8-15(9-5-10-17-15)14-18-13(19-20-14)11-6-3-4-7-12(11)16/h3-4,6-7,17H,2,5,8-10H2,1H3. The predicted octanol–water partition coefficient (Wildman–Crippen LogP) is 3.25. The van der Waals surface area contributed by atoms with E-state index in [2.05, 4.69) is 22.4 Å². The monoisotopic (exact) mass is 275 g/mol. The van der Waals surface area contributed by atoms with E-state index in [9.17, 15) is 4.39 Å². The molecule has 2 heterocycles. The number of aromatic nitrogens is 2. The maximum atomic E-state index is 13.8. The molecule has 1 fully saturated rings. The van der Waals surface area contributed by atoms with E-state index >= 15 is 0 Å². The third-order valence-electron chi connectivity index (χ3n) is 3.87. The van der Waals surface area contributed by atoms with E-state index in [4.69, 9.17) is 4.52 Å². The SMILES string of the molecule is CCCC1(c2nc(-c3ccccc3F)no2)CCCN1. The number of benzene rings is 1. The number of rotatable bonds is 4. The molecule has 1 aromatic heterocycles. The van der Waals surface area contributed by atoms with Crippen LogP contribution in [0.15, 0.2) is 28.8 Å². The van der Waals surface area contributed by atoms with Gasteiger partial charge in [-0.05, 0) is 37.9 Å². The van der Waals surface area contributed by atoms with Crippen LogP contribution in [-0.4, -0.2) is 16.7 Å². The summed E-state index contributed by atoms with van der Waals surface area (Å²) in [5, 5.41) is 7.43. The van der Waals surface area contributed by atoms with Crippen molar-refractivity contribution in [2.24, 2.45) is 0 Å². The third-order valence-corrected chi connectivity index (χ3v) is 3.87. The molecule has 1 aromatic carbocycles. The van der Waals surface area contributed by atoms with Gasteiger partial charge in [-0.1, -0.05) is 30.6 Å². The van der Waals surface area contributed by atoms with Crippen molar-refractivity contribution in [1.82, 2.24) is 15.5 Å². The number of nitrogens with zero attached hydrogens (tertiary/aromatic N) is 2. The molecule has 1 saturated heterocycles. The Balaban J connectivity index is 1.95. The maximum absolute atomic E-state index is 13.8. The van der Waals surface area contributed by atoms with Gasteiger partial charge >= 0.3 is 0 Å². The topological polar surface area (TPSA) is 51.0 Å². The second-order valence-electron chi connectivity index (χ2n) is 5.27. The lowest BCUT2D eigenvalue weighted by molar-refractivity contribution is 0.241. The van der Waals surface area contributed by atoms with Gasteiger partial charge in [-0.25, -0.2) is 4.39 Å². The summed E-state index contributed by atoms with van der Waals surface area (Å²) in [6.45, 7) is 3.09. The van der Waals surface area contributed by atoms with Crippen molar-refractivity contribution >= 4 is 0 Å². The van der Waals surface area contributed by atoms with Gasteiger partial charge in [0.25, 0.3) is 0 Å². The first-order valence-electron chi connectivity index (χ1n) is 7.09. The van der Waals surface area contributed by atoms with E-state index in [0.717, 1.165) is 32.2 Å². The molecule has 0 saturated carbocycles. The van der Waals surface area contributed by atoms with Gasteiger partial charge in [0.1, 0.15) is 5.82 Å². The van der Waals surface area contributed by atoms with Crippen LogP contribution in [0.4, 0.5) is 4.39 Å². The summed E-state index contributed by atoms with van der Waals surface area (Å²) in [6.07, 6.45) is 4.06. The van der Waals surface area contributed by atoms with Crippen LogP contribution in [0.5, 0.6) is 0 Å². The van der Waals surface area contributed by atoms with E-state index in [0.29, 0.717) is 17.3 Å². The van der Waals surface area contributed by atoms with Crippen molar-refractivity contribution in [2.45, 2.75) is 38.1 Å². The van der Waals surface area contributed by atoms with Crippen molar-refractivity contribution in [3.05, 3.63) is 36.0 Å². The van der Waals surface area contributed by atoms with Crippen LogP contribution in [0, 0.1) is 5.82 Å². The van der Waals surface area contributed by atoms with Gasteiger partial charge in [0.05, 0.1) is 11.1 Å². The third kappa shape index (κ3) is 2.22. The molecule has 0 amide bonds. The van der Waals surface area contributed by atoms with Crippen LogP contribution in [0.2, 0.25) is 0 Å². The van der Waals surface area contributed by atoms with Gasteiger partial charge in [0.2, 0.25) is 11.7 Å². The summed E-state index contributed by atoms with van der Waals surface area (Å²) < 4.78 is 19.2. The van der Waals surface area contributed by atoms with Crippen LogP contribution in [-0.2, 0) is 5.54 Å². The first-order chi connectivity index (χ1) is 9.75. The van der Waals surface area contributed by atoms with E-state index < -0.39 is 0 Å².